The summed E-state index contributed by atoms with van der Waals surface area (Å²) in [5, 5.41) is 9.03. The summed E-state index contributed by atoms with van der Waals surface area (Å²) < 4.78 is 5.44. The van der Waals surface area contributed by atoms with Crippen molar-refractivity contribution in [2.75, 3.05) is 26.3 Å². The lowest BCUT2D eigenvalue weighted by molar-refractivity contribution is -0.119. The van der Waals surface area contributed by atoms with Crippen LogP contribution in [0.3, 0.4) is 0 Å². The van der Waals surface area contributed by atoms with Gasteiger partial charge < -0.3 is 14.6 Å². The fraction of sp³-hybridized carbons (Fsp3) is 0.909. The standard InChI is InChI=1S/C11H21NO3/c1-9-6-15-10(5-13)4-12(9)7-11(2,3)8-14/h8-10,13H,4-7H2,1-3H3. The Morgan fingerprint density at radius 1 is 1.60 bits per heavy atom. The number of carbonyl (C=O) groups is 1. The molecule has 0 radical (unpaired) electrons. The minimum absolute atomic E-state index is 0.0464. The molecule has 0 amide bonds. The molecule has 2 unspecified atom stereocenters. The van der Waals surface area contributed by atoms with Gasteiger partial charge in [0.25, 0.3) is 0 Å². The van der Waals surface area contributed by atoms with E-state index in [-0.39, 0.29) is 18.1 Å². The van der Waals surface area contributed by atoms with Gasteiger partial charge >= 0.3 is 0 Å². The first-order valence-corrected chi connectivity index (χ1v) is 5.41. The maximum absolute atomic E-state index is 10.9. The molecular formula is C11H21NO3. The molecule has 1 fully saturated rings. The summed E-state index contributed by atoms with van der Waals surface area (Å²) in [5.41, 5.74) is -0.328. The van der Waals surface area contributed by atoms with Crippen molar-refractivity contribution in [1.82, 2.24) is 4.90 Å². The number of carbonyl (C=O) groups excluding carboxylic acids is 1. The number of hydrogen-bond acceptors (Lipinski definition) is 4. The summed E-state index contributed by atoms with van der Waals surface area (Å²) >= 11 is 0. The smallest absolute Gasteiger partial charge is 0.126 e. The van der Waals surface area contributed by atoms with Crippen LogP contribution < -0.4 is 0 Å². The van der Waals surface area contributed by atoms with Crippen molar-refractivity contribution in [3.05, 3.63) is 0 Å². The number of morpholine rings is 1. The Bertz CT molecular complexity index is 218. The lowest BCUT2D eigenvalue weighted by Gasteiger charge is -2.40. The van der Waals surface area contributed by atoms with Crippen LogP contribution in [0.1, 0.15) is 20.8 Å². The molecule has 15 heavy (non-hydrogen) atoms. The van der Waals surface area contributed by atoms with E-state index in [0.29, 0.717) is 19.2 Å². The number of aliphatic hydroxyl groups is 1. The third-order valence-electron chi connectivity index (χ3n) is 2.77. The second kappa shape index (κ2) is 5.05. The van der Waals surface area contributed by atoms with E-state index in [4.69, 9.17) is 9.84 Å². The number of rotatable bonds is 4. The molecule has 1 aliphatic heterocycles. The van der Waals surface area contributed by atoms with E-state index in [1.165, 1.54) is 0 Å². The average Bonchev–Trinajstić information content (AvgIpc) is 2.21. The molecule has 1 saturated heterocycles. The van der Waals surface area contributed by atoms with Crippen molar-refractivity contribution in [1.29, 1.82) is 0 Å². The van der Waals surface area contributed by atoms with Gasteiger partial charge in [-0.3, -0.25) is 4.90 Å². The fourth-order valence-corrected chi connectivity index (χ4v) is 1.77. The first kappa shape index (κ1) is 12.6. The monoisotopic (exact) mass is 215 g/mol. The lowest BCUT2D eigenvalue weighted by atomic mass is 9.94. The van der Waals surface area contributed by atoms with Crippen molar-refractivity contribution in [3.63, 3.8) is 0 Å². The van der Waals surface area contributed by atoms with Crippen molar-refractivity contribution in [3.8, 4) is 0 Å². The Morgan fingerprint density at radius 3 is 2.80 bits per heavy atom. The Morgan fingerprint density at radius 2 is 2.27 bits per heavy atom. The van der Waals surface area contributed by atoms with Crippen molar-refractivity contribution >= 4 is 6.29 Å². The third-order valence-corrected chi connectivity index (χ3v) is 2.77. The summed E-state index contributed by atoms with van der Waals surface area (Å²) in [5.74, 6) is 0. The molecule has 1 rings (SSSR count). The maximum atomic E-state index is 10.9. The van der Waals surface area contributed by atoms with Gasteiger partial charge in [-0.15, -0.1) is 0 Å². The molecule has 1 aliphatic rings. The normalized spacial score (nSPS) is 29.1. The zero-order valence-electron chi connectivity index (χ0n) is 9.77. The topological polar surface area (TPSA) is 49.8 Å². The Hall–Kier alpha value is -0.450. The van der Waals surface area contributed by atoms with E-state index >= 15 is 0 Å². The second-order valence-corrected chi connectivity index (χ2v) is 5.02. The van der Waals surface area contributed by atoms with Crippen LogP contribution in [0.2, 0.25) is 0 Å². The number of aldehydes is 1. The molecule has 0 saturated carbocycles. The minimum atomic E-state index is -0.328. The van der Waals surface area contributed by atoms with E-state index < -0.39 is 0 Å². The third kappa shape index (κ3) is 3.55. The molecule has 0 aromatic heterocycles. The molecule has 0 aromatic carbocycles. The SMILES string of the molecule is CC1COC(CO)CN1CC(C)(C)C=O. The van der Waals surface area contributed by atoms with E-state index in [9.17, 15) is 4.79 Å². The first-order chi connectivity index (χ1) is 6.98. The van der Waals surface area contributed by atoms with Gasteiger partial charge in [-0.25, -0.2) is 0 Å². The summed E-state index contributed by atoms with van der Waals surface area (Å²) in [6.07, 6.45) is 0.881. The van der Waals surface area contributed by atoms with Gasteiger partial charge in [0.15, 0.2) is 0 Å². The molecule has 0 aromatic rings. The highest BCUT2D eigenvalue weighted by Crippen LogP contribution is 2.19. The number of aliphatic hydroxyl groups excluding tert-OH is 1. The van der Waals surface area contributed by atoms with Crippen LogP contribution in [0.4, 0.5) is 0 Å². The van der Waals surface area contributed by atoms with Crippen LogP contribution in [0.5, 0.6) is 0 Å². The maximum Gasteiger partial charge on any atom is 0.126 e. The zero-order chi connectivity index (χ0) is 11.5. The van der Waals surface area contributed by atoms with Crippen LogP contribution in [0, 0.1) is 5.41 Å². The van der Waals surface area contributed by atoms with Crippen molar-refractivity contribution in [2.24, 2.45) is 5.41 Å². The largest absolute Gasteiger partial charge is 0.394 e. The molecule has 1 N–H and O–H groups in total. The molecule has 88 valence electrons. The predicted molar refractivity (Wildman–Crippen MR) is 57.7 cm³/mol. The quantitative estimate of drug-likeness (QED) is 0.685. The van der Waals surface area contributed by atoms with Crippen LogP contribution in [0.25, 0.3) is 0 Å². The summed E-state index contributed by atoms with van der Waals surface area (Å²) in [7, 11) is 0. The van der Waals surface area contributed by atoms with Gasteiger partial charge in [0.2, 0.25) is 0 Å². The fourth-order valence-electron chi connectivity index (χ4n) is 1.77. The number of ether oxygens (including phenoxy) is 1. The number of hydrogen-bond donors (Lipinski definition) is 1. The summed E-state index contributed by atoms with van der Waals surface area (Å²) in [6.45, 7) is 8.03. The van der Waals surface area contributed by atoms with E-state index in [2.05, 4.69) is 11.8 Å². The van der Waals surface area contributed by atoms with Crippen LogP contribution >= 0.6 is 0 Å². The van der Waals surface area contributed by atoms with Gasteiger partial charge in [0.05, 0.1) is 19.3 Å². The van der Waals surface area contributed by atoms with Crippen LogP contribution in [-0.2, 0) is 9.53 Å². The van der Waals surface area contributed by atoms with E-state index in [0.717, 1.165) is 12.8 Å². The molecule has 2 atom stereocenters. The predicted octanol–water partition coefficient (Wildman–Crippen LogP) is 0.293. The molecule has 1 heterocycles. The van der Waals surface area contributed by atoms with Crippen LogP contribution in [0.15, 0.2) is 0 Å². The van der Waals surface area contributed by atoms with Gasteiger partial charge in [-0.05, 0) is 6.92 Å². The molecule has 4 nitrogen and oxygen atoms in total. The average molecular weight is 215 g/mol. The van der Waals surface area contributed by atoms with Gasteiger partial charge in [-0.2, -0.15) is 0 Å². The van der Waals surface area contributed by atoms with Gasteiger partial charge in [0.1, 0.15) is 6.29 Å². The Kier molecular flexibility index (Phi) is 4.25. The first-order valence-electron chi connectivity index (χ1n) is 5.41. The van der Waals surface area contributed by atoms with E-state index in [1.807, 2.05) is 13.8 Å². The highest BCUT2D eigenvalue weighted by atomic mass is 16.5. The zero-order valence-corrected chi connectivity index (χ0v) is 9.77. The summed E-state index contributed by atoms with van der Waals surface area (Å²) in [6, 6.07) is 0.312. The van der Waals surface area contributed by atoms with Gasteiger partial charge in [0, 0.05) is 24.5 Å². The Balaban J connectivity index is 2.54. The molecule has 0 spiro atoms. The summed E-state index contributed by atoms with van der Waals surface area (Å²) in [4.78, 5) is 13.1. The van der Waals surface area contributed by atoms with E-state index in [1.54, 1.807) is 0 Å². The number of nitrogens with zero attached hydrogens (tertiary/aromatic N) is 1. The highest BCUT2D eigenvalue weighted by molar-refractivity contribution is 5.58. The Labute approximate surface area is 91.2 Å². The molecule has 4 heteroatoms. The van der Waals surface area contributed by atoms with Gasteiger partial charge in [-0.1, -0.05) is 13.8 Å². The van der Waals surface area contributed by atoms with Crippen LogP contribution in [-0.4, -0.2) is 54.7 Å². The molecule has 0 aliphatic carbocycles. The molecular weight excluding hydrogens is 194 g/mol. The minimum Gasteiger partial charge on any atom is -0.394 e. The highest BCUT2D eigenvalue weighted by Gasteiger charge is 2.30. The second-order valence-electron chi connectivity index (χ2n) is 5.02. The molecule has 0 bridgehead atoms. The van der Waals surface area contributed by atoms with Crippen molar-refractivity contribution < 1.29 is 14.6 Å². The van der Waals surface area contributed by atoms with Crippen molar-refractivity contribution in [2.45, 2.75) is 32.9 Å². The lowest BCUT2D eigenvalue weighted by Crippen LogP contribution is -2.52.